The van der Waals surface area contributed by atoms with Gasteiger partial charge in [-0.25, -0.2) is 27.1 Å². The average Bonchev–Trinajstić information content (AvgIpc) is 3.42. The zero-order valence-corrected chi connectivity index (χ0v) is 19.4. The van der Waals surface area contributed by atoms with Crippen molar-refractivity contribution in [2.45, 2.75) is 50.6 Å². The minimum absolute atomic E-state index is 0.0966. The summed E-state index contributed by atoms with van der Waals surface area (Å²) in [5, 5.41) is 6.52. The third-order valence-corrected chi connectivity index (χ3v) is 7.80. The maximum Gasteiger partial charge on any atom is 0.224 e. The summed E-state index contributed by atoms with van der Waals surface area (Å²) in [4.78, 5) is 13.9. The summed E-state index contributed by atoms with van der Waals surface area (Å²) in [6.07, 6.45) is 8.63. The zero-order valence-electron chi connectivity index (χ0n) is 18.5. The number of hydrogen-bond donors (Lipinski definition) is 2. The molecule has 33 heavy (non-hydrogen) atoms. The molecule has 3 aromatic rings. The Hall–Kier alpha value is -2.79. The number of fused-ring (bicyclic) bond motifs is 1. The van der Waals surface area contributed by atoms with Gasteiger partial charge in [0.15, 0.2) is 5.65 Å². The molecule has 5 rings (SSSR count). The highest BCUT2D eigenvalue weighted by molar-refractivity contribution is 7.88. The lowest BCUT2D eigenvalue weighted by molar-refractivity contribution is 0.331. The molecule has 176 valence electrons. The fraction of sp³-hybridized carbons (Fsp3) is 0.500. The van der Waals surface area contributed by atoms with Gasteiger partial charge in [0.2, 0.25) is 21.9 Å². The Kier molecular flexibility index (Phi) is 5.92. The molecule has 0 atom stereocenters. The quantitative estimate of drug-likeness (QED) is 0.563. The first-order valence-electron chi connectivity index (χ1n) is 11.4. The van der Waals surface area contributed by atoms with Gasteiger partial charge in [0.25, 0.3) is 0 Å². The third kappa shape index (κ3) is 4.65. The molecule has 0 unspecified atom stereocenters. The van der Waals surface area contributed by atoms with Gasteiger partial charge in [-0.1, -0.05) is 25.0 Å². The molecule has 3 heterocycles. The number of anilines is 3. The van der Waals surface area contributed by atoms with E-state index in [2.05, 4.69) is 25.2 Å². The first-order chi connectivity index (χ1) is 15.9. The monoisotopic (exact) mass is 473 g/mol. The molecule has 0 amide bonds. The number of aromatic nitrogens is 4. The van der Waals surface area contributed by atoms with Crippen molar-refractivity contribution in [2.75, 3.05) is 30.0 Å². The Labute approximate surface area is 192 Å². The van der Waals surface area contributed by atoms with E-state index < -0.39 is 10.0 Å². The smallest absolute Gasteiger partial charge is 0.224 e. The summed E-state index contributed by atoms with van der Waals surface area (Å²) in [5.74, 6) is 0.725. The van der Waals surface area contributed by atoms with Crippen LogP contribution >= 0.6 is 0 Å². The highest BCUT2D eigenvalue weighted by Crippen LogP contribution is 2.36. The van der Waals surface area contributed by atoms with Crippen molar-refractivity contribution in [1.82, 2.24) is 23.8 Å². The van der Waals surface area contributed by atoms with E-state index in [4.69, 9.17) is 4.98 Å². The summed E-state index contributed by atoms with van der Waals surface area (Å²) in [6.45, 7) is 0.963. The van der Waals surface area contributed by atoms with Crippen molar-refractivity contribution in [3.05, 3.63) is 36.3 Å². The maximum absolute atomic E-state index is 14.3. The molecule has 0 radical (unpaired) electrons. The molecule has 0 bridgehead atoms. The Bertz CT molecular complexity index is 1250. The predicted molar refractivity (Wildman–Crippen MR) is 126 cm³/mol. The maximum atomic E-state index is 14.3. The minimum Gasteiger partial charge on any atom is -0.351 e. The number of rotatable bonds is 6. The normalized spacial score (nSPS) is 18.7. The number of piperidine rings is 1. The summed E-state index contributed by atoms with van der Waals surface area (Å²) in [5.41, 5.74) is 1.74. The molecule has 1 saturated carbocycles. The Morgan fingerprint density at radius 1 is 1.06 bits per heavy atom. The van der Waals surface area contributed by atoms with Gasteiger partial charge >= 0.3 is 0 Å². The first-order valence-corrected chi connectivity index (χ1v) is 13.2. The number of nitrogens with one attached hydrogen (secondary N) is 2. The molecule has 2 fully saturated rings. The van der Waals surface area contributed by atoms with Crippen molar-refractivity contribution in [3.63, 3.8) is 0 Å². The van der Waals surface area contributed by atoms with E-state index in [1.165, 1.54) is 16.6 Å². The molecule has 11 heteroatoms. The number of hydrogen-bond acceptors (Lipinski definition) is 7. The van der Waals surface area contributed by atoms with Crippen LogP contribution in [0.5, 0.6) is 0 Å². The second-order valence-corrected chi connectivity index (χ2v) is 10.8. The molecular weight excluding hydrogens is 445 g/mol. The largest absolute Gasteiger partial charge is 0.351 e. The van der Waals surface area contributed by atoms with Crippen LogP contribution in [0.25, 0.3) is 11.2 Å². The van der Waals surface area contributed by atoms with E-state index in [-0.39, 0.29) is 17.9 Å². The molecule has 2 N–H and O–H groups in total. The van der Waals surface area contributed by atoms with Crippen molar-refractivity contribution in [1.29, 1.82) is 0 Å². The van der Waals surface area contributed by atoms with Crippen LogP contribution in [0.15, 0.2) is 30.5 Å². The highest BCUT2D eigenvalue weighted by Gasteiger charge is 2.27. The Morgan fingerprint density at radius 2 is 1.79 bits per heavy atom. The molecule has 0 spiro atoms. The number of imidazole rings is 1. The standard InChI is InChI=1S/C22H28FN7O2S/c1-33(31,32)29-12-10-15(11-13-29)25-21-24-14-19-20(28-21)30(16-6-2-3-7-16)22(27-19)26-18-9-5-4-8-17(18)23/h4-5,8-9,14-16H,2-3,6-7,10-13H2,1H3,(H,26,27)(H,24,25,28). The number of benzene rings is 1. The number of para-hydroxylation sites is 1. The Morgan fingerprint density at radius 3 is 2.48 bits per heavy atom. The summed E-state index contributed by atoms with van der Waals surface area (Å²) in [6, 6.07) is 6.89. The number of nitrogens with zero attached hydrogens (tertiary/aromatic N) is 5. The van der Waals surface area contributed by atoms with Crippen LogP contribution in [-0.2, 0) is 10.0 Å². The molecular formula is C22H28FN7O2S. The van der Waals surface area contributed by atoms with Crippen LogP contribution in [0.4, 0.5) is 22.0 Å². The van der Waals surface area contributed by atoms with Gasteiger partial charge in [-0.15, -0.1) is 0 Å². The molecule has 1 aromatic carbocycles. The summed E-state index contributed by atoms with van der Waals surface area (Å²) < 4.78 is 41.4. The van der Waals surface area contributed by atoms with Gasteiger partial charge in [0.05, 0.1) is 18.1 Å². The van der Waals surface area contributed by atoms with Crippen LogP contribution in [0, 0.1) is 5.82 Å². The molecule has 1 aliphatic carbocycles. The van der Waals surface area contributed by atoms with E-state index in [1.807, 2.05) is 0 Å². The summed E-state index contributed by atoms with van der Waals surface area (Å²) >= 11 is 0. The van der Waals surface area contributed by atoms with Gasteiger partial charge in [-0.05, 0) is 37.8 Å². The van der Waals surface area contributed by atoms with E-state index >= 15 is 0 Å². The van der Waals surface area contributed by atoms with Crippen LogP contribution in [-0.4, -0.2) is 57.6 Å². The first kappa shape index (κ1) is 22.0. The molecule has 2 aromatic heterocycles. The van der Waals surface area contributed by atoms with Crippen LogP contribution < -0.4 is 10.6 Å². The second kappa shape index (κ2) is 8.86. The lowest BCUT2D eigenvalue weighted by Gasteiger charge is -2.30. The van der Waals surface area contributed by atoms with Gasteiger partial charge in [0.1, 0.15) is 11.3 Å². The average molecular weight is 474 g/mol. The molecule has 2 aliphatic rings. The van der Waals surface area contributed by atoms with E-state index in [0.29, 0.717) is 54.7 Å². The van der Waals surface area contributed by atoms with Crippen molar-refractivity contribution in [2.24, 2.45) is 0 Å². The van der Waals surface area contributed by atoms with Crippen LogP contribution in [0.3, 0.4) is 0 Å². The van der Waals surface area contributed by atoms with Crippen LogP contribution in [0.2, 0.25) is 0 Å². The fourth-order valence-corrected chi connectivity index (χ4v) is 5.63. The fourth-order valence-electron chi connectivity index (χ4n) is 4.75. The van der Waals surface area contributed by atoms with E-state index in [1.54, 1.807) is 24.4 Å². The van der Waals surface area contributed by atoms with Crippen molar-refractivity contribution < 1.29 is 12.8 Å². The van der Waals surface area contributed by atoms with Gasteiger partial charge in [-0.2, -0.15) is 4.98 Å². The van der Waals surface area contributed by atoms with E-state index in [9.17, 15) is 12.8 Å². The third-order valence-electron chi connectivity index (χ3n) is 6.50. The molecule has 1 saturated heterocycles. The van der Waals surface area contributed by atoms with Crippen LogP contribution in [0.1, 0.15) is 44.6 Å². The lowest BCUT2D eigenvalue weighted by Crippen LogP contribution is -2.42. The predicted octanol–water partition coefficient (Wildman–Crippen LogP) is 3.66. The Balaban J connectivity index is 1.42. The van der Waals surface area contributed by atoms with E-state index in [0.717, 1.165) is 25.7 Å². The molecule has 1 aliphatic heterocycles. The summed E-state index contributed by atoms with van der Waals surface area (Å²) in [7, 11) is -3.16. The topological polar surface area (TPSA) is 105 Å². The number of halogens is 1. The zero-order chi connectivity index (χ0) is 23.0. The highest BCUT2D eigenvalue weighted by atomic mass is 32.2. The van der Waals surface area contributed by atoms with Crippen molar-refractivity contribution >= 4 is 38.8 Å². The SMILES string of the molecule is CS(=O)(=O)N1CCC(Nc2ncc3nc(Nc4ccccc4F)n(C4CCCC4)c3n2)CC1. The lowest BCUT2D eigenvalue weighted by atomic mass is 10.1. The van der Waals surface area contributed by atoms with Gasteiger partial charge in [-0.3, -0.25) is 4.57 Å². The number of sulfonamides is 1. The molecule has 9 nitrogen and oxygen atoms in total. The van der Waals surface area contributed by atoms with Crippen molar-refractivity contribution in [3.8, 4) is 0 Å². The minimum atomic E-state index is -3.16. The second-order valence-electron chi connectivity index (χ2n) is 8.83. The van der Waals surface area contributed by atoms with Gasteiger partial charge in [0, 0.05) is 25.2 Å². The van der Waals surface area contributed by atoms with Gasteiger partial charge < -0.3 is 10.6 Å².